The van der Waals surface area contributed by atoms with Crippen molar-refractivity contribution in [2.24, 2.45) is 0 Å². The Morgan fingerprint density at radius 1 is 1.25 bits per heavy atom. The third-order valence-electron chi connectivity index (χ3n) is 5.88. The van der Waals surface area contributed by atoms with Gasteiger partial charge in [0.05, 0.1) is 0 Å². The van der Waals surface area contributed by atoms with Crippen molar-refractivity contribution in [2.75, 3.05) is 46.8 Å². The van der Waals surface area contributed by atoms with Gasteiger partial charge in [-0.2, -0.15) is 0 Å². The zero-order chi connectivity index (χ0) is 17.0. The summed E-state index contributed by atoms with van der Waals surface area (Å²) in [6.07, 6.45) is 8.29. The van der Waals surface area contributed by atoms with Crippen LogP contribution in [-0.4, -0.2) is 77.9 Å². The SMILES string of the molecule is CN(C)CCN1CCCC12CCN(C(=O)CCc1ccc[nH]1)CC2. The van der Waals surface area contributed by atoms with E-state index in [4.69, 9.17) is 0 Å². The standard InChI is InChI=1S/C19H32N4O/c1-21(2)15-16-23-12-4-8-19(23)9-13-22(14-10-19)18(24)7-6-17-5-3-11-20-17/h3,5,11,20H,4,6-10,12-16H2,1-2H3. The van der Waals surface area contributed by atoms with E-state index in [-0.39, 0.29) is 0 Å². The van der Waals surface area contributed by atoms with Crippen molar-refractivity contribution in [2.45, 2.75) is 44.1 Å². The molecule has 2 fully saturated rings. The molecule has 1 aromatic heterocycles. The quantitative estimate of drug-likeness (QED) is 0.866. The fourth-order valence-electron chi connectivity index (χ4n) is 4.33. The van der Waals surface area contributed by atoms with Crippen molar-refractivity contribution in [3.05, 3.63) is 24.0 Å². The van der Waals surface area contributed by atoms with E-state index in [1.54, 1.807) is 0 Å². The smallest absolute Gasteiger partial charge is 0.222 e. The highest BCUT2D eigenvalue weighted by Gasteiger charge is 2.43. The minimum atomic E-state index is 0.317. The predicted octanol–water partition coefficient (Wildman–Crippen LogP) is 1.97. The third kappa shape index (κ3) is 4.01. The van der Waals surface area contributed by atoms with Crippen LogP contribution in [0.15, 0.2) is 18.3 Å². The number of nitrogens with zero attached hydrogens (tertiary/aromatic N) is 3. The molecule has 5 nitrogen and oxygen atoms in total. The summed E-state index contributed by atoms with van der Waals surface area (Å²) in [6.45, 7) is 5.38. The van der Waals surface area contributed by atoms with Gasteiger partial charge in [-0.1, -0.05) is 0 Å². The Balaban J connectivity index is 1.48. The van der Waals surface area contributed by atoms with Gasteiger partial charge in [0.15, 0.2) is 0 Å². The molecule has 5 heteroatoms. The fraction of sp³-hybridized carbons (Fsp3) is 0.737. The molecule has 0 atom stereocenters. The Bertz CT molecular complexity index is 517. The van der Waals surface area contributed by atoms with E-state index >= 15 is 0 Å². The van der Waals surface area contributed by atoms with E-state index in [1.807, 2.05) is 12.3 Å². The molecule has 3 rings (SSSR count). The van der Waals surface area contributed by atoms with Crippen molar-refractivity contribution < 1.29 is 4.79 Å². The van der Waals surface area contributed by atoms with Gasteiger partial charge in [-0.05, 0) is 64.9 Å². The van der Waals surface area contributed by atoms with E-state index in [2.05, 4.69) is 39.8 Å². The molecule has 0 saturated carbocycles. The number of likely N-dealkylation sites (N-methyl/N-ethyl adjacent to an activating group) is 1. The van der Waals surface area contributed by atoms with Crippen molar-refractivity contribution in [3.8, 4) is 0 Å². The molecule has 0 unspecified atom stereocenters. The lowest BCUT2D eigenvalue weighted by Gasteiger charge is -2.45. The van der Waals surface area contributed by atoms with E-state index in [0.29, 0.717) is 17.9 Å². The molecule has 1 N–H and O–H groups in total. The number of rotatable bonds is 6. The molecule has 0 radical (unpaired) electrons. The first-order valence-electron chi connectivity index (χ1n) is 9.39. The number of aryl methyl sites for hydroxylation is 1. The van der Waals surface area contributed by atoms with Crippen LogP contribution in [0.25, 0.3) is 0 Å². The van der Waals surface area contributed by atoms with Crippen LogP contribution in [0.1, 0.15) is 37.8 Å². The van der Waals surface area contributed by atoms with Gasteiger partial charge in [0.2, 0.25) is 5.91 Å². The van der Waals surface area contributed by atoms with Crippen LogP contribution in [-0.2, 0) is 11.2 Å². The van der Waals surface area contributed by atoms with Crippen molar-refractivity contribution in [1.29, 1.82) is 0 Å². The first-order chi connectivity index (χ1) is 11.6. The average Bonchev–Trinajstić information content (AvgIpc) is 3.22. The van der Waals surface area contributed by atoms with Gasteiger partial charge in [0, 0.05) is 50.0 Å². The molecule has 2 aliphatic rings. The Hall–Kier alpha value is -1.33. The van der Waals surface area contributed by atoms with E-state index in [1.165, 1.54) is 19.4 Å². The summed E-state index contributed by atoms with van der Waals surface area (Å²) in [4.78, 5) is 22.7. The summed E-state index contributed by atoms with van der Waals surface area (Å²) < 4.78 is 0. The number of aromatic nitrogens is 1. The van der Waals surface area contributed by atoms with Crippen molar-refractivity contribution in [1.82, 2.24) is 19.7 Å². The number of carbonyl (C=O) groups is 1. The van der Waals surface area contributed by atoms with Crippen LogP contribution >= 0.6 is 0 Å². The Kier molecular flexibility index (Phi) is 5.61. The molecule has 1 amide bonds. The largest absolute Gasteiger partial charge is 0.365 e. The van der Waals surface area contributed by atoms with Crippen LogP contribution < -0.4 is 0 Å². The number of H-pyrrole nitrogens is 1. The van der Waals surface area contributed by atoms with Gasteiger partial charge in [-0.15, -0.1) is 0 Å². The second kappa shape index (κ2) is 7.70. The summed E-state index contributed by atoms with van der Waals surface area (Å²) >= 11 is 0. The predicted molar refractivity (Wildman–Crippen MR) is 97.0 cm³/mol. The number of carbonyl (C=O) groups excluding carboxylic acids is 1. The molecular formula is C19H32N4O. The van der Waals surface area contributed by atoms with Gasteiger partial charge >= 0.3 is 0 Å². The first kappa shape index (κ1) is 17.5. The number of likely N-dealkylation sites (tertiary alicyclic amines) is 2. The van der Waals surface area contributed by atoms with Crippen LogP contribution in [0.3, 0.4) is 0 Å². The number of hydrogen-bond donors (Lipinski definition) is 1. The molecule has 2 saturated heterocycles. The number of hydrogen-bond acceptors (Lipinski definition) is 3. The average molecular weight is 332 g/mol. The number of aromatic amines is 1. The molecule has 134 valence electrons. The van der Waals surface area contributed by atoms with Crippen molar-refractivity contribution in [3.63, 3.8) is 0 Å². The highest BCUT2D eigenvalue weighted by molar-refractivity contribution is 5.76. The monoisotopic (exact) mass is 332 g/mol. The second-order valence-electron chi connectivity index (χ2n) is 7.69. The normalized spacial score (nSPS) is 21.0. The van der Waals surface area contributed by atoms with E-state index in [0.717, 1.165) is 51.1 Å². The third-order valence-corrected chi connectivity index (χ3v) is 5.88. The Morgan fingerprint density at radius 2 is 2.04 bits per heavy atom. The van der Waals surface area contributed by atoms with Crippen LogP contribution in [0.4, 0.5) is 0 Å². The van der Waals surface area contributed by atoms with Crippen LogP contribution in [0, 0.1) is 0 Å². The maximum atomic E-state index is 12.5. The molecule has 24 heavy (non-hydrogen) atoms. The number of nitrogens with one attached hydrogen (secondary N) is 1. The van der Waals surface area contributed by atoms with Crippen molar-refractivity contribution >= 4 is 5.91 Å². The second-order valence-corrected chi connectivity index (χ2v) is 7.69. The first-order valence-corrected chi connectivity index (χ1v) is 9.39. The summed E-state index contributed by atoms with van der Waals surface area (Å²) in [5.74, 6) is 0.317. The zero-order valence-corrected chi connectivity index (χ0v) is 15.3. The van der Waals surface area contributed by atoms with E-state index < -0.39 is 0 Å². The minimum absolute atomic E-state index is 0.317. The van der Waals surface area contributed by atoms with Gasteiger partial charge in [0.1, 0.15) is 0 Å². The maximum Gasteiger partial charge on any atom is 0.222 e. The lowest BCUT2D eigenvalue weighted by molar-refractivity contribution is -0.133. The zero-order valence-electron chi connectivity index (χ0n) is 15.3. The fourth-order valence-corrected chi connectivity index (χ4v) is 4.33. The van der Waals surface area contributed by atoms with Gasteiger partial charge in [0.25, 0.3) is 0 Å². The molecule has 0 aliphatic carbocycles. The van der Waals surface area contributed by atoms with E-state index in [9.17, 15) is 4.79 Å². The maximum absolute atomic E-state index is 12.5. The Morgan fingerprint density at radius 3 is 2.71 bits per heavy atom. The van der Waals surface area contributed by atoms with Gasteiger partial charge in [-0.3, -0.25) is 9.69 Å². The molecule has 1 spiro atoms. The molecule has 1 aromatic rings. The summed E-state index contributed by atoms with van der Waals surface area (Å²) in [5, 5.41) is 0. The lowest BCUT2D eigenvalue weighted by atomic mass is 9.84. The molecular weight excluding hydrogens is 300 g/mol. The summed E-state index contributed by atoms with van der Waals surface area (Å²) in [5.41, 5.74) is 1.52. The van der Waals surface area contributed by atoms with Gasteiger partial charge < -0.3 is 14.8 Å². The highest BCUT2D eigenvalue weighted by Crippen LogP contribution is 2.38. The van der Waals surface area contributed by atoms with Crippen LogP contribution in [0.2, 0.25) is 0 Å². The summed E-state index contributed by atoms with van der Waals surface area (Å²) in [6, 6.07) is 4.05. The highest BCUT2D eigenvalue weighted by atomic mass is 16.2. The topological polar surface area (TPSA) is 42.6 Å². The molecule has 0 bridgehead atoms. The molecule has 3 heterocycles. The molecule has 2 aliphatic heterocycles. The number of amides is 1. The minimum Gasteiger partial charge on any atom is -0.365 e. The Labute approximate surface area is 146 Å². The number of piperidine rings is 1. The summed E-state index contributed by atoms with van der Waals surface area (Å²) in [7, 11) is 4.29. The lowest BCUT2D eigenvalue weighted by Crippen LogP contribution is -2.54. The molecule has 0 aromatic carbocycles. The van der Waals surface area contributed by atoms with Crippen LogP contribution in [0.5, 0.6) is 0 Å². The van der Waals surface area contributed by atoms with Gasteiger partial charge in [-0.25, -0.2) is 0 Å².